The van der Waals surface area contributed by atoms with Crippen molar-refractivity contribution in [1.29, 1.82) is 0 Å². The average Bonchev–Trinajstić information content (AvgIpc) is 2.41. The quantitative estimate of drug-likeness (QED) is 0.691. The molecule has 0 saturated heterocycles. The number of nitrogens with one attached hydrogen (secondary N) is 2. The third kappa shape index (κ3) is 5.38. The van der Waals surface area contributed by atoms with Crippen molar-refractivity contribution in [3.8, 4) is 0 Å². The molecule has 0 unspecified atom stereocenters. The van der Waals surface area contributed by atoms with Crippen molar-refractivity contribution in [1.82, 2.24) is 5.32 Å². The van der Waals surface area contributed by atoms with Crippen LogP contribution in [0, 0.1) is 5.82 Å². The van der Waals surface area contributed by atoms with Crippen LogP contribution in [0.15, 0.2) is 22.7 Å². The van der Waals surface area contributed by atoms with Crippen LogP contribution in [0.1, 0.15) is 6.42 Å². The molecule has 0 fully saturated rings. The van der Waals surface area contributed by atoms with E-state index in [0.717, 1.165) is 13.2 Å². The normalized spacial score (nSPS) is 11.4. The summed E-state index contributed by atoms with van der Waals surface area (Å²) in [5.74, 6) is -2.76. The first-order valence-electron chi connectivity index (χ1n) is 5.65. The Kier molecular flexibility index (Phi) is 6.10. The fourth-order valence-electron chi connectivity index (χ4n) is 1.35. The lowest BCUT2D eigenvalue weighted by Gasteiger charge is -2.14. The molecule has 114 valence electrons. The molecule has 0 aromatic heterocycles. The van der Waals surface area contributed by atoms with E-state index in [1.54, 1.807) is 0 Å². The second-order valence-electron chi connectivity index (χ2n) is 3.90. The molecule has 0 aliphatic heterocycles. The third-order valence-electron chi connectivity index (χ3n) is 2.38. The summed E-state index contributed by atoms with van der Waals surface area (Å²) in [5.41, 5.74) is 0.135. The summed E-state index contributed by atoms with van der Waals surface area (Å²) >= 11 is 2.96. The van der Waals surface area contributed by atoms with E-state index >= 15 is 0 Å². The average molecular weight is 363 g/mol. The molecule has 0 radical (unpaired) electrons. The van der Waals surface area contributed by atoms with Crippen molar-refractivity contribution in [2.75, 3.05) is 12.4 Å². The zero-order chi connectivity index (χ0) is 16.0. The van der Waals surface area contributed by atoms with Gasteiger partial charge in [-0.2, -0.15) is 0 Å². The van der Waals surface area contributed by atoms with E-state index in [9.17, 15) is 18.8 Å². The lowest BCUT2D eigenvalue weighted by Crippen LogP contribution is -2.44. The highest BCUT2D eigenvalue weighted by molar-refractivity contribution is 9.10. The number of halogens is 2. The van der Waals surface area contributed by atoms with Crippen molar-refractivity contribution < 1.29 is 28.6 Å². The topological polar surface area (TPSA) is 105 Å². The smallest absolute Gasteiger partial charge is 0.326 e. The van der Waals surface area contributed by atoms with E-state index in [1.807, 2.05) is 0 Å². The summed E-state index contributed by atoms with van der Waals surface area (Å²) in [6, 6.07) is 1.53. The first-order valence-corrected chi connectivity index (χ1v) is 6.45. The fourth-order valence-corrected chi connectivity index (χ4v) is 1.60. The molecule has 1 aromatic carbocycles. The van der Waals surface area contributed by atoms with Gasteiger partial charge < -0.3 is 20.5 Å². The molecular weight excluding hydrogens is 351 g/mol. The van der Waals surface area contributed by atoms with Crippen LogP contribution in [-0.4, -0.2) is 36.2 Å². The fraction of sp³-hybridized carbons (Fsp3) is 0.250. The van der Waals surface area contributed by atoms with E-state index < -0.39 is 36.2 Å². The number of urea groups is 1. The van der Waals surface area contributed by atoms with Gasteiger partial charge in [0.15, 0.2) is 0 Å². The summed E-state index contributed by atoms with van der Waals surface area (Å²) in [4.78, 5) is 33.6. The molecule has 21 heavy (non-hydrogen) atoms. The van der Waals surface area contributed by atoms with E-state index in [1.165, 1.54) is 12.1 Å². The summed E-state index contributed by atoms with van der Waals surface area (Å²) in [5, 5.41) is 13.2. The number of carbonyl (C=O) groups excluding carboxylic acids is 2. The summed E-state index contributed by atoms with van der Waals surface area (Å²) in [6.45, 7) is 0. The van der Waals surface area contributed by atoms with Crippen LogP contribution in [0.4, 0.5) is 14.9 Å². The molecule has 1 atom stereocenters. The number of amides is 2. The Hall–Kier alpha value is -2.16. The van der Waals surface area contributed by atoms with Crippen molar-refractivity contribution >= 4 is 39.6 Å². The highest BCUT2D eigenvalue weighted by atomic mass is 79.9. The Morgan fingerprint density at radius 2 is 2.10 bits per heavy atom. The first kappa shape index (κ1) is 16.9. The lowest BCUT2D eigenvalue weighted by atomic mass is 10.2. The lowest BCUT2D eigenvalue weighted by molar-refractivity contribution is -0.147. The van der Waals surface area contributed by atoms with Crippen LogP contribution in [-0.2, 0) is 14.3 Å². The number of benzene rings is 1. The maximum absolute atomic E-state index is 13.3. The number of carbonyl (C=O) groups is 3. The van der Waals surface area contributed by atoms with Crippen molar-refractivity contribution in [2.45, 2.75) is 12.5 Å². The van der Waals surface area contributed by atoms with Gasteiger partial charge in [-0.25, -0.2) is 14.0 Å². The molecule has 9 heteroatoms. The maximum Gasteiger partial charge on any atom is 0.326 e. The van der Waals surface area contributed by atoms with Gasteiger partial charge in [-0.05, 0) is 34.1 Å². The zero-order valence-electron chi connectivity index (χ0n) is 10.9. The standard InChI is InChI=1S/C12H12BrFN2O5/c1-21-10(17)5-9(11(18)19)16-12(20)15-6-2-3-7(13)8(14)4-6/h2-4,9H,5H2,1H3,(H,18,19)(H2,15,16,20)/t9-/m0/s1. The SMILES string of the molecule is COC(=O)C[C@H](NC(=O)Nc1ccc(Br)c(F)c1)C(=O)O. The van der Waals surface area contributed by atoms with Gasteiger partial charge in [-0.1, -0.05) is 0 Å². The highest BCUT2D eigenvalue weighted by Gasteiger charge is 2.23. The van der Waals surface area contributed by atoms with Crippen molar-refractivity contribution in [3.05, 3.63) is 28.5 Å². The monoisotopic (exact) mass is 362 g/mol. The van der Waals surface area contributed by atoms with Gasteiger partial charge in [-0.15, -0.1) is 0 Å². The summed E-state index contributed by atoms with van der Waals surface area (Å²) in [6.07, 6.45) is -0.520. The zero-order valence-corrected chi connectivity index (χ0v) is 12.4. The molecule has 1 aromatic rings. The molecule has 1 rings (SSSR count). The molecule has 0 spiro atoms. The molecule has 0 bridgehead atoms. The largest absolute Gasteiger partial charge is 0.480 e. The molecule has 0 heterocycles. The predicted octanol–water partition coefficient (Wildman–Crippen LogP) is 1.73. The number of rotatable bonds is 5. The number of methoxy groups -OCH3 is 1. The Balaban J connectivity index is 2.67. The van der Waals surface area contributed by atoms with Gasteiger partial charge in [0.05, 0.1) is 18.0 Å². The minimum absolute atomic E-state index is 0.135. The summed E-state index contributed by atoms with van der Waals surface area (Å²) in [7, 11) is 1.10. The second-order valence-corrected chi connectivity index (χ2v) is 4.75. The van der Waals surface area contributed by atoms with E-state index in [4.69, 9.17) is 5.11 Å². The minimum atomic E-state index is -1.45. The van der Waals surface area contributed by atoms with Gasteiger partial charge in [0, 0.05) is 5.69 Å². The number of carboxylic acids is 1. The van der Waals surface area contributed by atoms with Crippen LogP contribution in [0.3, 0.4) is 0 Å². The van der Waals surface area contributed by atoms with Crippen LogP contribution < -0.4 is 10.6 Å². The van der Waals surface area contributed by atoms with E-state index in [-0.39, 0.29) is 10.2 Å². The number of hydrogen-bond donors (Lipinski definition) is 3. The predicted molar refractivity (Wildman–Crippen MR) is 74.3 cm³/mol. The number of hydrogen-bond acceptors (Lipinski definition) is 4. The van der Waals surface area contributed by atoms with E-state index in [0.29, 0.717) is 0 Å². The number of carboxylic acid groups (broad SMARTS) is 1. The highest BCUT2D eigenvalue weighted by Crippen LogP contribution is 2.19. The Morgan fingerprint density at radius 3 is 2.62 bits per heavy atom. The van der Waals surface area contributed by atoms with Gasteiger partial charge in [0.25, 0.3) is 0 Å². The first-order chi connectivity index (χ1) is 9.83. The summed E-state index contributed by atoms with van der Waals surface area (Å²) < 4.78 is 17.8. The van der Waals surface area contributed by atoms with Crippen LogP contribution in [0.25, 0.3) is 0 Å². The number of esters is 1. The Bertz CT molecular complexity index is 567. The number of ether oxygens (including phenoxy) is 1. The number of aliphatic carboxylic acids is 1. The molecule has 7 nitrogen and oxygen atoms in total. The second kappa shape index (κ2) is 7.58. The Labute approximate surface area is 127 Å². The number of anilines is 1. The van der Waals surface area contributed by atoms with Gasteiger partial charge in [0.2, 0.25) is 0 Å². The van der Waals surface area contributed by atoms with Gasteiger partial charge in [-0.3, -0.25) is 4.79 Å². The minimum Gasteiger partial charge on any atom is -0.480 e. The van der Waals surface area contributed by atoms with Crippen LogP contribution in [0.2, 0.25) is 0 Å². The Morgan fingerprint density at radius 1 is 1.43 bits per heavy atom. The van der Waals surface area contributed by atoms with Crippen molar-refractivity contribution in [3.63, 3.8) is 0 Å². The maximum atomic E-state index is 13.3. The molecule has 2 amide bonds. The molecule has 0 saturated carbocycles. The van der Waals surface area contributed by atoms with Crippen LogP contribution in [0.5, 0.6) is 0 Å². The third-order valence-corrected chi connectivity index (χ3v) is 3.02. The molecule has 0 aliphatic rings. The van der Waals surface area contributed by atoms with Gasteiger partial charge >= 0.3 is 18.0 Å². The van der Waals surface area contributed by atoms with Crippen LogP contribution >= 0.6 is 15.9 Å². The van der Waals surface area contributed by atoms with E-state index in [2.05, 4.69) is 31.3 Å². The molecule has 3 N–H and O–H groups in total. The molecule has 0 aliphatic carbocycles. The van der Waals surface area contributed by atoms with Gasteiger partial charge in [0.1, 0.15) is 11.9 Å². The molecular formula is C12H12BrFN2O5. The van der Waals surface area contributed by atoms with Crippen molar-refractivity contribution in [2.24, 2.45) is 0 Å².